The molecule has 4 nitrogen and oxygen atoms in total. The normalized spacial score (nSPS) is 15.2. The molecule has 1 heterocycles. The van der Waals surface area contributed by atoms with E-state index < -0.39 is 0 Å². The monoisotopic (exact) mass is 604 g/mol. The van der Waals surface area contributed by atoms with Crippen molar-refractivity contribution in [2.75, 3.05) is 0 Å². The van der Waals surface area contributed by atoms with Crippen LogP contribution in [0.15, 0.2) is 133 Å². The van der Waals surface area contributed by atoms with Gasteiger partial charge in [0.1, 0.15) is 0 Å². The molecule has 1 aliphatic heterocycles. The van der Waals surface area contributed by atoms with E-state index >= 15 is 0 Å². The molecule has 0 spiro atoms. The number of hydrogen-bond acceptors (Lipinski definition) is 4. The zero-order chi connectivity index (χ0) is 32.3. The number of ether oxygens (including phenoxy) is 2. The molecule has 0 amide bonds. The van der Waals surface area contributed by atoms with Crippen molar-refractivity contribution in [2.24, 2.45) is 5.73 Å². The summed E-state index contributed by atoms with van der Waals surface area (Å²) in [5.41, 5.74) is 17.4. The van der Waals surface area contributed by atoms with Crippen molar-refractivity contribution in [3.63, 3.8) is 0 Å². The van der Waals surface area contributed by atoms with E-state index in [1.165, 1.54) is 27.8 Å². The van der Waals surface area contributed by atoms with Gasteiger partial charge in [-0.3, -0.25) is 0 Å². The molecule has 230 valence electrons. The molecular formula is C42H40N2O2. The standard InChI is InChI=1S/C34H29NO2.C7H8.CH3N/c1-34(2)26-16-7-6-14-25(26)30-27(34)18-19-29-33(30)37-28-17-9-15-24(32(28)36-29)22-12-8-13-23(20-22)31(35)21-10-4-3-5-11-21;1-7-5-3-2-4-6-7;1-2/h3-5,7-13,15-20,31H,6,14,35H2,1-2H3;2-6H,1H3;2H,1H2. The average molecular weight is 605 g/mol. The van der Waals surface area contributed by atoms with Crippen molar-refractivity contribution in [1.29, 1.82) is 5.41 Å². The topological polar surface area (TPSA) is 68.3 Å². The number of nitrogens with one attached hydrogen (secondary N) is 1. The summed E-state index contributed by atoms with van der Waals surface area (Å²) in [6.07, 6.45) is 6.67. The van der Waals surface area contributed by atoms with Gasteiger partial charge in [0.15, 0.2) is 23.0 Å². The largest absolute Gasteiger partial charge is 0.449 e. The van der Waals surface area contributed by atoms with E-state index in [1.807, 2.05) is 48.5 Å². The number of para-hydroxylation sites is 1. The van der Waals surface area contributed by atoms with E-state index in [4.69, 9.17) is 20.6 Å². The lowest BCUT2D eigenvalue weighted by Crippen LogP contribution is -2.16. The van der Waals surface area contributed by atoms with Gasteiger partial charge in [-0.2, -0.15) is 0 Å². The average Bonchev–Trinajstić information content (AvgIpc) is 3.35. The van der Waals surface area contributed by atoms with Crippen molar-refractivity contribution < 1.29 is 9.47 Å². The molecule has 1 unspecified atom stereocenters. The van der Waals surface area contributed by atoms with Crippen LogP contribution in [0, 0.1) is 12.3 Å². The van der Waals surface area contributed by atoms with E-state index in [9.17, 15) is 0 Å². The minimum Gasteiger partial charge on any atom is -0.449 e. The van der Waals surface area contributed by atoms with Gasteiger partial charge in [-0.15, -0.1) is 0 Å². The van der Waals surface area contributed by atoms with E-state index in [2.05, 4.69) is 106 Å². The summed E-state index contributed by atoms with van der Waals surface area (Å²) in [4.78, 5) is 0. The van der Waals surface area contributed by atoms with Crippen LogP contribution in [0.25, 0.3) is 16.7 Å². The van der Waals surface area contributed by atoms with Crippen molar-refractivity contribution in [3.05, 3.63) is 161 Å². The molecule has 3 N–H and O–H groups in total. The first-order valence-corrected chi connectivity index (χ1v) is 15.8. The zero-order valence-corrected chi connectivity index (χ0v) is 26.7. The van der Waals surface area contributed by atoms with Crippen LogP contribution in [0.2, 0.25) is 0 Å². The van der Waals surface area contributed by atoms with Crippen molar-refractivity contribution >= 4 is 12.3 Å². The molecule has 8 rings (SSSR count). The molecule has 0 fully saturated rings. The van der Waals surface area contributed by atoms with Gasteiger partial charge in [0.2, 0.25) is 0 Å². The Kier molecular flexibility index (Phi) is 8.74. The molecule has 0 radical (unpaired) electrons. The Labute approximate surface area is 272 Å². The maximum Gasteiger partial charge on any atom is 0.177 e. The quantitative estimate of drug-likeness (QED) is 0.197. The Morgan fingerprint density at radius 1 is 0.739 bits per heavy atom. The highest BCUT2D eigenvalue weighted by Gasteiger charge is 2.41. The number of hydrogen-bond donors (Lipinski definition) is 2. The first-order valence-electron chi connectivity index (χ1n) is 15.8. The number of aryl methyl sites for hydroxylation is 1. The summed E-state index contributed by atoms with van der Waals surface area (Å²) in [7, 11) is 0. The van der Waals surface area contributed by atoms with Gasteiger partial charge in [-0.05, 0) is 78.1 Å². The van der Waals surface area contributed by atoms with E-state index in [-0.39, 0.29) is 11.5 Å². The third-order valence-electron chi connectivity index (χ3n) is 9.00. The molecule has 0 saturated heterocycles. The maximum atomic E-state index is 6.66. The minimum atomic E-state index is -0.198. The summed E-state index contributed by atoms with van der Waals surface area (Å²) in [6, 6.07) is 39.1. The lowest BCUT2D eigenvalue weighted by molar-refractivity contribution is 0.359. The second-order valence-corrected chi connectivity index (χ2v) is 12.3. The first kappa shape index (κ1) is 30.8. The molecule has 46 heavy (non-hydrogen) atoms. The second kappa shape index (κ2) is 13.0. The van der Waals surface area contributed by atoms with Crippen LogP contribution in [0.4, 0.5) is 0 Å². The Hall–Kier alpha value is -5.19. The van der Waals surface area contributed by atoms with Crippen LogP contribution >= 0.6 is 0 Å². The SMILES string of the molecule is C=N.CC1(C)C2=C(CCC=C2)c2c1ccc1c2Oc2cccc(-c3cccc(C(N)c4ccccc4)c3)c2O1.Cc1ccccc1. The van der Waals surface area contributed by atoms with Crippen LogP contribution in [0.3, 0.4) is 0 Å². The van der Waals surface area contributed by atoms with Crippen molar-refractivity contribution in [3.8, 4) is 34.1 Å². The van der Waals surface area contributed by atoms with Gasteiger partial charge >= 0.3 is 0 Å². The highest BCUT2D eigenvalue weighted by atomic mass is 16.6. The Bertz CT molecular complexity index is 1920. The summed E-state index contributed by atoms with van der Waals surface area (Å²) in [5.74, 6) is 3.11. The third kappa shape index (κ3) is 5.68. The number of nitrogens with two attached hydrogens (primary N) is 1. The molecule has 5 aromatic rings. The zero-order valence-electron chi connectivity index (χ0n) is 26.7. The van der Waals surface area contributed by atoms with E-state index in [0.717, 1.165) is 58.1 Å². The van der Waals surface area contributed by atoms with Crippen LogP contribution < -0.4 is 15.2 Å². The Morgan fingerprint density at radius 3 is 2.11 bits per heavy atom. The molecule has 3 aliphatic rings. The number of benzene rings is 5. The summed E-state index contributed by atoms with van der Waals surface area (Å²) >= 11 is 0. The number of fused-ring (bicyclic) bond motifs is 5. The third-order valence-corrected chi connectivity index (χ3v) is 9.00. The van der Waals surface area contributed by atoms with Crippen molar-refractivity contribution in [1.82, 2.24) is 0 Å². The van der Waals surface area contributed by atoms with Gasteiger partial charge in [-0.25, -0.2) is 0 Å². The van der Waals surface area contributed by atoms with E-state index in [0.29, 0.717) is 0 Å². The molecule has 0 aromatic heterocycles. The van der Waals surface area contributed by atoms with Gasteiger partial charge in [-0.1, -0.05) is 129 Å². The highest BCUT2D eigenvalue weighted by Crippen LogP contribution is 2.59. The molecule has 0 saturated carbocycles. The van der Waals surface area contributed by atoms with Gasteiger partial charge < -0.3 is 20.6 Å². The second-order valence-electron chi connectivity index (χ2n) is 12.3. The van der Waals surface area contributed by atoms with Gasteiger partial charge in [0.05, 0.1) is 6.04 Å². The fourth-order valence-corrected chi connectivity index (χ4v) is 6.66. The molecular weight excluding hydrogens is 564 g/mol. The summed E-state index contributed by atoms with van der Waals surface area (Å²) < 4.78 is 13.3. The summed E-state index contributed by atoms with van der Waals surface area (Å²) in [5, 5.41) is 5.50. The van der Waals surface area contributed by atoms with Crippen LogP contribution in [-0.4, -0.2) is 6.72 Å². The molecule has 5 aromatic carbocycles. The Balaban J connectivity index is 0.000000363. The van der Waals surface area contributed by atoms with Crippen LogP contribution in [-0.2, 0) is 5.41 Å². The van der Waals surface area contributed by atoms with Crippen molar-refractivity contribution in [2.45, 2.75) is 45.1 Å². The van der Waals surface area contributed by atoms with Crippen LogP contribution in [0.5, 0.6) is 23.0 Å². The maximum absolute atomic E-state index is 6.66. The van der Waals surface area contributed by atoms with Gasteiger partial charge in [0, 0.05) is 16.5 Å². The first-order chi connectivity index (χ1) is 22.4. The van der Waals surface area contributed by atoms with E-state index in [1.54, 1.807) is 0 Å². The number of allylic oxidation sites excluding steroid dienone is 4. The molecule has 4 heteroatoms. The lowest BCUT2D eigenvalue weighted by Gasteiger charge is -2.27. The molecule has 1 atom stereocenters. The molecule has 2 aliphatic carbocycles. The van der Waals surface area contributed by atoms with Gasteiger partial charge in [0.25, 0.3) is 0 Å². The predicted molar refractivity (Wildman–Crippen MR) is 190 cm³/mol. The fourth-order valence-electron chi connectivity index (χ4n) is 6.66. The minimum absolute atomic E-state index is 0.0416. The lowest BCUT2D eigenvalue weighted by atomic mass is 9.80. The smallest absolute Gasteiger partial charge is 0.177 e. The molecule has 0 bridgehead atoms. The van der Waals surface area contributed by atoms with Crippen LogP contribution in [0.1, 0.15) is 60.5 Å². The fraction of sp³-hybridized carbons (Fsp3) is 0.167. The highest BCUT2D eigenvalue weighted by molar-refractivity contribution is 5.89. The Morgan fingerprint density at radius 2 is 1.39 bits per heavy atom. The number of rotatable bonds is 3. The summed E-state index contributed by atoms with van der Waals surface area (Å²) in [6.45, 7) is 9.19. The predicted octanol–water partition coefficient (Wildman–Crippen LogP) is 11.0.